The van der Waals surface area contributed by atoms with Gasteiger partial charge >= 0.3 is 0 Å². The average Bonchev–Trinajstić information content (AvgIpc) is 2.53. The summed E-state index contributed by atoms with van der Waals surface area (Å²) in [5, 5.41) is 11.4. The van der Waals surface area contributed by atoms with Gasteiger partial charge in [-0.05, 0) is 49.1 Å². The normalized spacial score (nSPS) is 36.8. The number of hydrogen-bond acceptors (Lipinski definition) is 2. The van der Waals surface area contributed by atoms with E-state index in [1.807, 2.05) is 0 Å². The van der Waals surface area contributed by atoms with Crippen molar-refractivity contribution in [2.24, 2.45) is 5.92 Å². The number of benzene rings is 1. The molecule has 2 saturated carbocycles. The van der Waals surface area contributed by atoms with E-state index in [0.717, 1.165) is 25.9 Å². The smallest absolute Gasteiger partial charge is 0.0830 e. The van der Waals surface area contributed by atoms with E-state index >= 15 is 0 Å². The van der Waals surface area contributed by atoms with Crippen LogP contribution in [0, 0.1) is 5.92 Å². The number of fused-ring (bicyclic) bond motifs is 2. The molecule has 1 unspecified atom stereocenters. The van der Waals surface area contributed by atoms with Crippen LogP contribution in [0.4, 0.5) is 0 Å². The van der Waals surface area contributed by atoms with Crippen molar-refractivity contribution in [3.8, 4) is 0 Å². The van der Waals surface area contributed by atoms with Crippen LogP contribution in [-0.2, 0) is 13.0 Å². The second-order valence-electron chi connectivity index (χ2n) is 7.37. The lowest BCUT2D eigenvalue weighted by Gasteiger charge is -2.53. The maximum absolute atomic E-state index is 11.4. The fraction of sp³-hybridized carbons (Fsp3) is 0.684. The molecule has 0 amide bonds. The minimum Gasteiger partial charge on any atom is -0.388 e. The minimum atomic E-state index is -0.400. The summed E-state index contributed by atoms with van der Waals surface area (Å²) >= 11 is 0. The molecule has 2 nitrogen and oxygen atoms in total. The van der Waals surface area contributed by atoms with Crippen molar-refractivity contribution in [1.82, 2.24) is 4.90 Å². The first kappa shape index (κ1) is 13.8. The van der Waals surface area contributed by atoms with E-state index in [1.54, 1.807) is 0 Å². The molecule has 0 saturated heterocycles. The van der Waals surface area contributed by atoms with Crippen molar-refractivity contribution < 1.29 is 5.11 Å². The summed E-state index contributed by atoms with van der Waals surface area (Å²) in [6, 6.07) is 9.24. The second-order valence-corrected chi connectivity index (χ2v) is 7.37. The van der Waals surface area contributed by atoms with Crippen molar-refractivity contribution >= 4 is 0 Å². The molecular formula is C19H27NO. The van der Waals surface area contributed by atoms with Crippen LogP contribution in [-0.4, -0.2) is 28.2 Å². The van der Waals surface area contributed by atoms with Gasteiger partial charge in [0, 0.05) is 19.1 Å². The molecule has 1 N–H and O–H groups in total. The van der Waals surface area contributed by atoms with Crippen LogP contribution < -0.4 is 0 Å². The molecular weight excluding hydrogens is 258 g/mol. The van der Waals surface area contributed by atoms with Gasteiger partial charge < -0.3 is 5.11 Å². The minimum absolute atomic E-state index is 0.393. The number of aliphatic hydroxyl groups is 1. The standard InChI is InChI=1S/C19H27NO/c21-19-12-4-3-8-17(19)9-5-10-18(19)20-13-11-15-6-1-2-7-16(15)14-20/h1-2,6-7,17-18,21H,3-5,8-14H2/t17-,18?,19-/m1/s1. The molecule has 1 aliphatic heterocycles. The lowest BCUT2D eigenvalue weighted by molar-refractivity contribution is -0.135. The fourth-order valence-corrected chi connectivity index (χ4v) is 5.18. The van der Waals surface area contributed by atoms with Crippen LogP contribution in [0.15, 0.2) is 24.3 Å². The van der Waals surface area contributed by atoms with Crippen molar-refractivity contribution in [2.45, 2.75) is 69.6 Å². The van der Waals surface area contributed by atoms with Gasteiger partial charge in [0.05, 0.1) is 5.60 Å². The largest absolute Gasteiger partial charge is 0.388 e. The lowest BCUT2D eigenvalue weighted by atomic mass is 9.64. The van der Waals surface area contributed by atoms with Gasteiger partial charge in [0.2, 0.25) is 0 Å². The molecule has 0 spiro atoms. The van der Waals surface area contributed by atoms with E-state index < -0.39 is 5.60 Å². The highest BCUT2D eigenvalue weighted by atomic mass is 16.3. The Morgan fingerprint density at radius 3 is 2.71 bits per heavy atom. The Morgan fingerprint density at radius 1 is 1.00 bits per heavy atom. The molecule has 1 aromatic rings. The molecule has 114 valence electrons. The Bertz CT molecular complexity index is 512. The average molecular weight is 285 g/mol. The molecule has 1 heterocycles. The molecule has 0 aromatic heterocycles. The zero-order valence-electron chi connectivity index (χ0n) is 12.9. The molecule has 2 fully saturated rings. The van der Waals surface area contributed by atoms with Crippen LogP contribution in [0.3, 0.4) is 0 Å². The monoisotopic (exact) mass is 285 g/mol. The Balaban J connectivity index is 1.58. The van der Waals surface area contributed by atoms with E-state index in [1.165, 1.54) is 49.7 Å². The maximum atomic E-state index is 11.4. The van der Waals surface area contributed by atoms with Gasteiger partial charge in [0.25, 0.3) is 0 Å². The zero-order chi connectivity index (χ0) is 14.3. The SMILES string of the molecule is O[C@]12CCCC[C@@H]1CCCC2N1CCc2ccccc2C1. The number of rotatable bonds is 1. The van der Waals surface area contributed by atoms with Gasteiger partial charge in [-0.25, -0.2) is 0 Å². The summed E-state index contributed by atoms with van der Waals surface area (Å²) in [6.45, 7) is 2.16. The van der Waals surface area contributed by atoms with Crippen molar-refractivity contribution in [3.05, 3.63) is 35.4 Å². The molecule has 0 radical (unpaired) electrons. The molecule has 1 aromatic carbocycles. The van der Waals surface area contributed by atoms with Crippen molar-refractivity contribution in [3.63, 3.8) is 0 Å². The van der Waals surface area contributed by atoms with Crippen LogP contribution in [0.25, 0.3) is 0 Å². The van der Waals surface area contributed by atoms with Crippen molar-refractivity contribution in [2.75, 3.05) is 6.54 Å². The molecule has 0 bridgehead atoms. The maximum Gasteiger partial charge on any atom is 0.0830 e. The van der Waals surface area contributed by atoms with Gasteiger partial charge in [-0.2, -0.15) is 0 Å². The lowest BCUT2D eigenvalue weighted by Crippen LogP contribution is -2.60. The zero-order valence-corrected chi connectivity index (χ0v) is 12.9. The topological polar surface area (TPSA) is 23.5 Å². The molecule has 21 heavy (non-hydrogen) atoms. The third-order valence-electron chi connectivity index (χ3n) is 6.29. The first-order valence-electron chi connectivity index (χ1n) is 8.80. The van der Waals surface area contributed by atoms with Crippen LogP contribution >= 0.6 is 0 Å². The first-order valence-corrected chi connectivity index (χ1v) is 8.80. The Kier molecular flexibility index (Phi) is 3.55. The highest BCUT2D eigenvalue weighted by Gasteiger charge is 2.49. The number of nitrogens with zero attached hydrogens (tertiary/aromatic N) is 1. The predicted octanol–water partition coefficient (Wildman–Crippen LogP) is 3.52. The summed E-state index contributed by atoms with van der Waals surface area (Å²) in [7, 11) is 0. The molecule has 2 aliphatic carbocycles. The Labute approximate surface area is 128 Å². The summed E-state index contributed by atoms with van der Waals surface area (Å²) < 4.78 is 0. The van der Waals surface area contributed by atoms with E-state index in [4.69, 9.17) is 0 Å². The van der Waals surface area contributed by atoms with Gasteiger partial charge in [-0.15, -0.1) is 0 Å². The third kappa shape index (κ3) is 2.33. The molecule has 2 heteroatoms. The summed E-state index contributed by atoms with van der Waals surface area (Å²) in [5.74, 6) is 0.558. The predicted molar refractivity (Wildman–Crippen MR) is 85.1 cm³/mol. The van der Waals surface area contributed by atoms with E-state index in [9.17, 15) is 5.11 Å². The molecule has 3 aliphatic rings. The van der Waals surface area contributed by atoms with Gasteiger partial charge in [0.1, 0.15) is 0 Å². The van der Waals surface area contributed by atoms with Crippen LogP contribution in [0.1, 0.15) is 56.1 Å². The third-order valence-corrected chi connectivity index (χ3v) is 6.29. The van der Waals surface area contributed by atoms with E-state index in [-0.39, 0.29) is 0 Å². The second kappa shape index (κ2) is 5.40. The Hall–Kier alpha value is -0.860. The van der Waals surface area contributed by atoms with Crippen molar-refractivity contribution in [1.29, 1.82) is 0 Å². The van der Waals surface area contributed by atoms with Crippen LogP contribution in [0.2, 0.25) is 0 Å². The highest BCUT2D eigenvalue weighted by Crippen LogP contribution is 2.46. The molecule has 3 atom stereocenters. The first-order chi connectivity index (χ1) is 10.3. The van der Waals surface area contributed by atoms with Gasteiger partial charge in [-0.3, -0.25) is 4.90 Å². The number of hydrogen-bond donors (Lipinski definition) is 1. The fourth-order valence-electron chi connectivity index (χ4n) is 5.18. The van der Waals surface area contributed by atoms with Gasteiger partial charge in [0.15, 0.2) is 0 Å². The van der Waals surface area contributed by atoms with Gasteiger partial charge in [-0.1, -0.05) is 43.5 Å². The molecule has 4 rings (SSSR count). The summed E-state index contributed by atoms with van der Waals surface area (Å²) in [5.41, 5.74) is 2.59. The summed E-state index contributed by atoms with van der Waals surface area (Å²) in [4.78, 5) is 2.60. The van der Waals surface area contributed by atoms with Crippen LogP contribution in [0.5, 0.6) is 0 Å². The Morgan fingerprint density at radius 2 is 1.81 bits per heavy atom. The highest BCUT2D eigenvalue weighted by molar-refractivity contribution is 5.29. The quantitative estimate of drug-likeness (QED) is 0.853. The van der Waals surface area contributed by atoms with E-state index in [2.05, 4.69) is 29.2 Å². The van der Waals surface area contributed by atoms with E-state index in [0.29, 0.717) is 12.0 Å². The summed E-state index contributed by atoms with van der Waals surface area (Å²) in [6.07, 6.45) is 9.70.